The van der Waals surface area contributed by atoms with E-state index >= 15 is 0 Å². The van der Waals surface area contributed by atoms with E-state index in [9.17, 15) is 9.59 Å². The fourth-order valence-corrected chi connectivity index (χ4v) is 3.25. The zero-order valence-corrected chi connectivity index (χ0v) is 11.0. The molecule has 0 aromatic heterocycles. The molecule has 1 atom stereocenters. The van der Waals surface area contributed by atoms with Gasteiger partial charge < -0.3 is 0 Å². The quantitative estimate of drug-likeness (QED) is 0.745. The van der Waals surface area contributed by atoms with E-state index in [4.69, 9.17) is 0 Å². The van der Waals surface area contributed by atoms with Gasteiger partial charge in [-0.05, 0) is 30.5 Å². The average Bonchev–Trinajstić information content (AvgIpc) is 3.04. The first-order chi connectivity index (χ1) is 8.14. The van der Waals surface area contributed by atoms with E-state index in [1.165, 1.54) is 0 Å². The standard InChI is InChI=1S/C14H13BrO2/c15-10-6-4-9(5-7-10)11-8-14(11)12(16)2-1-3-13(14)17/h4-7,11H,1-3,8H2. The Morgan fingerprint density at radius 2 is 1.65 bits per heavy atom. The maximum absolute atomic E-state index is 12.0. The monoisotopic (exact) mass is 292 g/mol. The second-order valence-electron chi connectivity index (χ2n) is 4.98. The molecular weight excluding hydrogens is 280 g/mol. The molecule has 2 fully saturated rings. The Bertz CT molecular complexity index is 473. The minimum absolute atomic E-state index is 0.135. The predicted molar refractivity (Wildman–Crippen MR) is 67.8 cm³/mol. The van der Waals surface area contributed by atoms with Crippen LogP contribution in [-0.4, -0.2) is 11.6 Å². The number of ketones is 2. The number of carbonyl (C=O) groups is 2. The van der Waals surface area contributed by atoms with Gasteiger partial charge in [0.1, 0.15) is 11.6 Å². The molecule has 1 aromatic carbocycles. The van der Waals surface area contributed by atoms with Crippen molar-refractivity contribution in [2.45, 2.75) is 31.6 Å². The molecule has 3 heteroatoms. The summed E-state index contributed by atoms with van der Waals surface area (Å²) in [5.74, 6) is 0.472. The third-order valence-corrected chi connectivity index (χ3v) is 4.56. The third kappa shape index (κ3) is 1.60. The molecular formula is C14H13BrO2. The number of hydrogen-bond acceptors (Lipinski definition) is 2. The van der Waals surface area contributed by atoms with Crippen LogP contribution >= 0.6 is 15.9 Å². The molecule has 2 nitrogen and oxygen atoms in total. The summed E-state index contributed by atoms with van der Waals surface area (Å²) < 4.78 is 1.03. The van der Waals surface area contributed by atoms with E-state index in [1.54, 1.807) is 0 Å². The number of Topliss-reactive ketones (excluding diaryl/α,β-unsaturated/α-hetero) is 2. The number of carbonyl (C=O) groups excluding carboxylic acids is 2. The fourth-order valence-electron chi connectivity index (χ4n) is 2.99. The maximum atomic E-state index is 12.0. The molecule has 0 heterocycles. The van der Waals surface area contributed by atoms with Crippen LogP contribution < -0.4 is 0 Å². The number of benzene rings is 1. The smallest absolute Gasteiger partial charge is 0.147 e. The Kier molecular flexibility index (Phi) is 2.47. The zero-order chi connectivity index (χ0) is 12.0. The number of halogens is 1. The lowest BCUT2D eigenvalue weighted by molar-refractivity contribution is -0.137. The summed E-state index contributed by atoms with van der Waals surface area (Å²) in [6.07, 6.45) is 2.64. The van der Waals surface area contributed by atoms with Crippen molar-refractivity contribution in [1.82, 2.24) is 0 Å². The van der Waals surface area contributed by atoms with E-state index < -0.39 is 5.41 Å². The van der Waals surface area contributed by atoms with Gasteiger partial charge in [-0.2, -0.15) is 0 Å². The highest BCUT2D eigenvalue weighted by Gasteiger charge is 2.65. The van der Waals surface area contributed by atoms with E-state index in [0.717, 1.165) is 22.9 Å². The lowest BCUT2D eigenvalue weighted by Crippen LogP contribution is -2.31. The Morgan fingerprint density at radius 3 is 2.24 bits per heavy atom. The molecule has 0 saturated heterocycles. The first kappa shape index (κ1) is 11.1. The summed E-state index contributed by atoms with van der Waals surface area (Å²) in [6.45, 7) is 0. The van der Waals surface area contributed by atoms with Gasteiger partial charge in [0.15, 0.2) is 0 Å². The van der Waals surface area contributed by atoms with Crippen molar-refractivity contribution < 1.29 is 9.59 Å². The van der Waals surface area contributed by atoms with Crippen LogP contribution in [0.25, 0.3) is 0 Å². The molecule has 88 valence electrons. The molecule has 1 aromatic rings. The van der Waals surface area contributed by atoms with E-state index in [1.807, 2.05) is 24.3 Å². The van der Waals surface area contributed by atoms with Crippen LogP contribution in [0, 0.1) is 5.41 Å². The van der Waals surface area contributed by atoms with Crippen molar-refractivity contribution in [3.8, 4) is 0 Å². The van der Waals surface area contributed by atoms with Gasteiger partial charge in [0.2, 0.25) is 0 Å². The minimum atomic E-state index is -0.633. The molecule has 0 bridgehead atoms. The summed E-state index contributed by atoms with van der Waals surface area (Å²) in [6, 6.07) is 7.97. The molecule has 3 rings (SSSR count). The van der Waals surface area contributed by atoms with Crippen molar-refractivity contribution >= 4 is 27.5 Å². The van der Waals surface area contributed by atoms with Gasteiger partial charge in [0.25, 0.3) is 0 Å². The van der Waals surface area contributed by atoms with Gasteiger partial charge in [0, 0.05) is 23.2 Å². The predicted octanol–water partition coefficient (Wildman–Crippen LogP) is 3.24. The van der Waals surface area contributed by atoms with Crippen molar-refractivity contribution in [2.75, 3.05) is 0 Å². The molecule has 2 saturated carbocycles. The summed E-state index contributed by atoms with van der Waals surface area (Å²) in [5, 5.41) is 0. The third-order valence-electron chi connectivity index (χ3n) is 4.04. The number of hydrogen-bond donors (Lipinski definition) is 0. The molecule has 0 N–H and O–H groups in total. The summed E-state index contributed by atoms with van der Waals surface area (Å²) in [7, 11) is 0. The molecule has 2 aliphatic carbocycles. The normalized spacial score (nSPS) is 26.3. The molecule has 0 radical (unpaired) electrons. The Morgan fingerprint density at radius 1 is 1.06 bits per heavy atom. The SMILES string of the molecule is O=C1CCCC(=O)C12CC2c1ccc(Br)cc1. The van der Waals surface area contributed by atoms with E-state index in [-0.39, 0.29) is 17.5 Å². The van der Waals surface area contributed by atoms with Crippen LogP contribution in [0.2, 0.25) is 0 Å². The zero-order valence-electron chi connectivity index (χ0n) is 9.41. The van der Waals surface area contributed by atoms with Crippen LogP contribution in [0.1, 0.15) is 37.2 Å². The summed E-state index contributed by atoms with van der Waals surface area (Å²) in [4.78, 5) is 24.0. The first-order valence-electron chi connectivity index (χ1n) is 5.96. The largest absolute Gasteiger partial charge is 0.299 e. The Balaban J connectivity index is 1.91. The van der Waals surface area contributed by atoms with Crippen LogP contribution in [0.3, 0.4) is 0 Å². The highest BCUT2D eigenvalue weighted by molar-refractivity contribution is 9.10. The van der Waals surface area contributed by atoms with Crippen molar-refractivity contribution in [3.63, 3.8) is 0 Å². The topological polar surface area (TPSA) is 34.1 Å². The summed E-state index contributed by atoms with van der Waals surface area (Å²) >= 11 is 3.39. The molecule has 17 heavy (non-hydrogen) atoms. The maximum Gasteiger partial charge on any atom is 0.147 e. The summed E-state index contributed by atoms with van der Waals surface area (Å²) in [5.41, 5.74) is 0.489. The van der Waals surface area contributed by atoms with Crippen LogP contribution in [0.15, 0.2) is 28.7 Å². The van der Waals surface area contributed by atoms with Crippen LogP contribution in [-0.2, 0) is 9.59 Å². The van der Waals surface area contributed by atoms with E-state index in [2.05, 4.69) is 15.9 Å². The first-order valence-corrected chi connectivity index (χ1v) is 6.76. The second kappa shape index (κ2) is 3.77. The van der Waals surface area contributed by atoms with Gasteiger partial charge in [-0.1, -0.05) is 28.1 Å². The minimum Gasteiger partial charge on any atom is -0.299 e. The van der Waals surface area contributed by atoms with Gasteiger partial charge >= 0.3 is 0 Å². The van der Waals surface area contributed by atoms with Crippen LogP contribution in [0.4, 0.5) is 0 Å². The van der Waals surface area contributed by atoms with Crippen molar-refractivity contribution in [2.24, 2.45) is 5.41 Å². The highest BCUT2D eigenvalue weighted by atomic mass is 79.9. The van der Waals surface area contributed by atoms with Gasteiger partial charge in [-0.25, -0.2) is 0 Å². The lowest BCUT2D eigenvalue weighted by Gasteiger charge is -2.20. The molecule has 1 spiro atoms. The molecule has 0 aliphatic heterocycles. The van der Waals surface area contributed by atoms with Gasteiger partial charge in [0.05, 0.1) is 5.41 Å². The Hall–Kier alpha value is -0.960. The fraction of sp³-hybridized carbons (Fsp3) is 0.429. The van der Waals surface area contributed by atoms with Gasteiger partial charge in [-0.15, -0.1) is 0 Å². The molecule has 1 unspecified atom stereocenters. The second-order valence-corrected chi connectivity index (χ2v) is 5.90. The lowest BCUT2D eigenvalue weighted by atomic mass is 9.81. The van der Waals surface area contributed by atoms with Crippen molar-refractivity contribution in [1.29, 1.82) is 0 Å². The van der Waals surface area contributed by atoms with Crippen LogP contribution in [0.5, 0.6) is 0 Å². The highest BCUT2D eigenvalue weighted by Crippen LogP contribution is 2.63. The van der Waals surface area contributed by atoms with Gasteiger partial charge in [-0.3, -0.25) is 9.59 Å². The number of rotatable bonds is 1. The molecule has 2 aliphatic rings. The van der Waals surface area contributed by atoms with Crippen molar-refractivity contribution in [3.05, 3.63) is 34.3 Å². The van der Waals surface area contributed by atoms with E-state index in [0.29, 0.717) is 12.8 Å². The molecule has 0 amide bonds. The average molecular weight is 293 g/mol. The Labute approximate surface area is 109 Å².